The highest BCUT2D eigenvalue weighted by Gasteiger charge is 2.10. The maximum absolute atomic E-state index is 5.33. The predicted octanol–water partition coefficient (Wildman–Crippen LogP) is 2.29. The number of benzene rings is 1. The van der Waals surface area contributed by atoms with Gasteiger partial charge in [-0.05, 0) is 30.7 Å². The lowest BCUT2D eigenvalue weighted by atomic mass is 10.1. The van der Waals surface area contributed by atoms with Gasteiger partial charge in [0, 0.05) is 25.8 Å². The van der Waals surface area contributed by atoms with Gasteiger partial charge in [-0.2, -0.15) is 5.10 Å². The van der Waals surface area contributed by atoms with Crippen LogP contribution in [0.4, 0.5) is 0 Å². The van der Waals surface area contributed by atoms with Crippen LogP contribution in [0.2, 0.25) is 0 Å². The number of hydrogen-bond donors (Lipinski definition) is 1. The molecule has 0 fully saturated rings. The molecule has 0 amide bonds. The molecule has 0 bridgehead atoms. The fraction of sp³-hybridized carbons (Fsp3) is 0.400. The number of nitrogens with zero attached hydrogens (tertiary/aromatic N) is 2. The lowest BCUT2D eigenvalue weighted by molar-refractivity contribution is 0.354. The minimum absolute atomic E-state index is 0.213. The molecule has 2 aromatic rings. The molecule has 20 heavy (non-hydrogen) atoms. The van der Waals surface area contributed by atoms with Crippen LogP contribution in [0.1, 0.15) is 24.2 Å². The van der Waals surface area contributed by atoms with E-state index in [2.05, 4.69) is 17.3 Å². The smallest absolute Gasteiger partial charge is 0.161 e. The topological polar surface area (TPSA) is 48.3 Å². The van der Waals surface area contributed by atoms with Gasteiger partial charge >= 0.3 is 0 Å². The number of hydrogen-bond acceptors (Lipinski definition) is 4. The van der Waals surface area contributed by atoms with Crippen LogP contribution in [-0.4, -0.2) is 24.0 Å². The maximum Gasteiger partial charge on any atom is 0.161 e. The number of rotatable bonds is 6. The third-order valence-corrected chi connectivity index (χ3v) is 3.42. The second-order valence-corrected chi connectivity index (χ2v) is 4.66. The molecule has 1 aromatic carbocycles. The van der Waals surface area contributed by atoms with E-state index in [0.29, 0.717) is 0 Å². The largest absolute Gasteiger partial charge is 0.493 e. The molecule has 0 saturated heterocycles. The number of methoxy groups -OCH3 is 2. The maximum atomic E-state index is 5.33. The first-order chi connectivity index (χ1) is 9.65. The molecule has 1 N–H and O–H groups in total. The summed E-state index contributed by atoms with van der Waals surface area (Å²) in [6.45, 7) is 2.89. The zero-order valence-corrected chi connectivity index (χ0v) is 12.4. The van der Waals surface area contributed by atoms with E-state index in [-0.39, 0.29) is 6.04 Å². The second-order valence-electron chi connectivity index (χ2n) is 4.66. The van der Waals surface area contributed by atoms with Gasteiger partial charge in [0.1, 0.15) is 0 Å². The van der Waals surface area contributed by atoms with Crippen molar-refractivity contribution in [1.82, 2.24) is 15.1 Å². The Hall–Kier alpha value is -2.01. The second kappa shape index (κ2) is 6.43. The van der Waals surface area contributed by atoms with Crippen molar-refractivity contribution in [3.05, 3.63) is 41.7 Å². The molecular formula is C15H21N3O2. The molecule has 2 rings (SSSR count). The van der Waals surface area contributed by atoms with Crippen LogP contribution in [0.3, 0.4) is 0 Å². The first-order valence-electron chi connectivity index (χ1n) is 6.58. The van der Waals surface area contributed by atoms with Gasteiger partial charge in [-0.1, -0.05) is 6.07 Å². The van der Waals surface area contributed by atoms with E-state index in [9.17, 15) is 0 Å². The molecule has 0 saturated carbocycles. The molecule has 1 heterocycles. The Kier molecular flexibility index (Phi) is 4.63. The average molecular weight is 275 g/mol. The van der Waals surface area contributed by atoms with E-state index in [0.717, 1.165) is 29.3 Å². The summed E-state index contributed by atoms with van der Waals surface area (Å²) < 4.78 is 12.4. The Bertz CT molecular complexity index is 566. The molecule has 5 heteroatoms. The van der Waals surface area contributed by atoms with Crippen molar-refractivity contribution in [3.63, 3.8) is 0 Å². The quantitative estimate of drug-likeness (QED) is 0.878. The molecule has 108 valence electrons. The summed E-state index contributed by atoms with van der Waals surface area (Å²) in [5, 5.41) is 7.63. The van der Waals surface area contributed by atoms with Gasteiger partial charge in [-0.3, -0.25) is 4.68 Å². The van der Waals surface area contributed by atoms with Crippen LogP contribution in [0.15, 0.2) is 30.5 Å². The Labute approximate surface area is 119 Å². The van der Waals surface area contributed by atoms with Gasteiger partial charge in [0.25, 0.3) is 0 Å². The first kappa shape index (κ1) is 14.4. The van der Waals surface area contributed by atoms with Crippen LogP contribution < -0.4 is 14.8 Å². The highest BCUT2D eigenvalue weighted by atomic mass is 16.5. The van der Waals surface area contributed by atoms with Gasteiger partial charge in [-0.15, -0.1) is 0 Å². The summed E-state index contributed by atoms with van der Waals surface area (Å²) in [5.41, 5.74) is 2.31. The molecule has 5 nitrogen and oxygen atoms in total. The van der Waals surface area contributed by atoms with Crippen LogP contribution in [0.25, 0.3) is 0 Å². The lowest BCUT2D eigenvalue weighted by Crippen LogP contribution is -2.19. The van der Waals surface area contributed by atoms with Crippen molar-refractivity contribution in [2.24, 2.45) is 7.05 Å². The Balaban J connectivity index is 2.05. The molecule has 0 spiro atoms. The van der Waals surface area contributed by atoms with E-state index in [1.165, 1.54) is 0 Å². The van der Waals surface area contributed by atoms with Crippen molar-refractivity contribution >= 4 is 0 Å². The van der Waals surface area contributed by atoms with Crippen molar-refractivity contribution < 1.29 is 9.47 Å². The fourth-order valence-corrected chi connectivity index (χ4v) is 2.07. The first-order valence-corrected chi connectivity index (χ1v) is 6.58. The highest BCUT2D eigenvalue weighted by molar-refractivity contribution is 5.43. The number of aryl methyl sites for hydroxylation is 1. The van der Waals surface area contributed by atoms with E-state index < -0.39 is 0 Å². The van der Waals surface area contributed by atoms with Gasteiger partial charge in [-0.25, -0.2) is 0 Å². The van der Waals surface area contributed by atoms with Gasteiger partial charge in [0.2, 0.25) is 0 Å². The molecule has 1 unspecified atom stereocenters. The summed E-state index contributed by atoms with van der Waals surface area (Å²) in [4.78, 5) is 0. The lowest BCUT2D eigenvalue weighted by Gasteiger charge is -2.16. The highest BCUT2D eigenvalue weighted by Crippen LogP contribution is 2.29. The van der Waals surface area contributed by atoms with Crippen LogP contribution in [0.5, 0.6) is 11.5 Å². The molecule has 0 radical (unpaired) electrons. The van der Waals surface area contributed by atoms with E-state index in [1.54, 1.807) is 20.4 Å². The van der Waals surface area contributed by atoms with E-state index in [1.807, 2.05) is 36.0 Å². The minimum Gasteiger partial charge on any atom is -0.493 e. The van der Waals surface area contributed by atoms with Gasteiger partial charge < -0.3 is 14.8 Å². The van der Waals surface area contributed by atoms with E-state index >= 15 is 0 Å². The molecule has 0 aliphatic rings. The predicted molar refractivity (Wildman–Crippen MR) is 78.0 cm³/mol. The van der Waals surface area contributed by atoms with E-state index in [4.69, 9.17) is 9.47 Å². The SMILES string of the molecule is COc1ccc(C(C)NCc2ccnn2C)cc1OC. The Morgan fingerprint density at radius 3 is 2.55 bits per heavy atom. The van der Waals surface area contributed by atoms with Crippen molar-refractivity contribution in [2.75, 3.05) is 14.2 Å². The zero-order valence-electron chi connectivity index (χ0n) is 12.4. The Morgan fingerprint density at radius 2 is 1.95 bits per heavy atom. The summed E-state index contributed by atoms with van der Waals surface area (Å²) in [6.07, 6.45) is 1.80. The average Bonchev–Trinajstić information content (AvgIpc) is 2.89. The number of aromatic nitrogens is 2. The molecule has 1 atom stereocenters. The van der Waals surface area contributed by atoms with Gasteiger partial charge in [0.05, 0.1) is 19.9 Å². The standard InChI is InChI=1S/C15H21N3O2/c1-11(16-10-13-7-8-17-18(13)2)12-5-6-14(19-3)15(9-12)20-4/h5-9,11,16H,10H2,1-4H3. The zero-order chi connectivity index (χ0) is 14.5. The summed E-state index contributed by atoms with van der Waals surface area (Å²) in [5.74, 6) is 1.49. The third-order valence-electron chi connectivity index (χ3n) is 3.42. The fourth-order valence-electron chi connectivity index (χ4n) is 2.07. The molecular weight excluding hydrogens is 254 g/mol. The normalized spacial score (nSPS) is 12.2. The molecule has 0 aliphatic heterocycles. The minimum atomic E-state index is 0.213. The van der Waals surface area contributed by atoms with Gasteiger partial charge in [0.15, 0.2) is 11.5 Å². The van der Waals surface area contributed by atoms with Crippen molar-refractivity contribution in [2.45, 2.75) is 19.5 Å². The monoisotopic (exact) mass is 275 g/mol. The van der Waals surface area contributed by atoms with Crippen LogP contribution in [0, 0.1) is 0 Å². The summed E-state index contributed by atoms with van der Waals surface area (Å²) >= 11 is 0. The van der Waals surface area contributed by atoms with Crippen LogP contribution >= 0.6 is 0 Å². The summed E-state index contributed by atoms with van der Waals surface area (Å²) in [6, 6.07) is 8.19. The molecule has 0 aliphatic carbocycles. The summed E-state index contributed by atoms with van der Waals surface area (Å²) in [7, 11) is 5.23. The Morgan fingerprint density at radius 1 is 1.20 bits per heavy atom. The third kappa shape index (κ3) is 3.11. The number of ether oxygens (including phenoxy) is 2. The number of nitrogens with one attached hydrogen (secondary N) is 1. The molecule has 1 aromatic heterocycles. The van der Waals surface area contributed by atoms with Crippen molar-refractivity contribution in [3.8, 4) is 11.5 Å². The van der Waals surface area contributed by atoms with Crippen molar-refractivity contribution in [1.29, 1.82) is 0 Å². The van der Waals surface area contributed by atoms with Crippen LogP contribution in [-0.2, 0) is 13.6 Å².